The molecule has 0 unspecified atom stereocenters. The molecule has 0 bridgehead atoms. The Balaban J connectivity index is 1.74. The van der Waals surface area contributed by atoms with Gasteiger partial charge in [0.15, 0.2) is 0 Å². The number of benzene rings is 2. The molecule has 1 saturated carbocycles. The van der Waals surface area contributed by atoms with Gasteiger partial charge in [-0.25, -0.2) is 17.5 Å². The summed E-state index contributed by atoms with van der Waals surface area (Å²) in [6.07, 6.45) is 4.84. The van der Waals surface area contributed by atoms with Crippen molar-refractivity contribution in [1.29, 1.82) is 0 Å². The standard InChI is InChI=1S/C21H25FN2O3S/c1-15-11-12-18(28(26,27)24-17-8-3-2-4-9-17)13-19(15)21(25)23-14-16-7-5-6-10-20(16)22/h5-7,10-13,17,24H,2-4,8-9,14H2,1H3,(H,23,25). The Labute approximate surface area is 165 Å². The fraction of sp³-hybridized carbons (Fsp3) is 0.381. The van der Waals surface area contributed by atoms with Gasteiger partial charge in [-0.15, -0.1) is 0 Å². The number of amides is 1. The van der Waals surface area contributed by atoms with Crippen molar-refractivity contribution in [3.63, 3.8) is 0 Å². The molecule has 7 heteroatoms. The number of carbonyl (C=O) groups excluding carboxylic acids is 1. The highest BCUT2D eigenvalue weighted by Crippen LogP contribution is 2.21. The SMILES string of the molecule is Cc1ccc(S(=O)(=O)NC2CCCCC2)cc1C(=O)NCc1ccccc1F. The first-order chi connectivity index (χ1) is 13.4. The van der Waals surface area contributed by atoms with Gasteiger partial charge in [0.2, 0.25) is 10.0 Å². The highest BCUT2D eigenvalue weighted by atomic mass is 32.2. The molecule has 2 aromatic carbocycles. The van der Waals surface area contributed by atoms with E-state index in [0.29, 0.717) is 11.1 Å². The second-order valence-corrected chi connectivity index (χ2v) is 8.92. The minimum absolute atomic E-state index is 0.0300. The second kappa shape index (κ2) is 8.84. The Morgan fingerprint density at radius 3 is 2.54 bits per heavy atom. The first kappa shape index (κ1) is 20.5. The van der Waals surface area contributed by atoms with Crippen LogP contribution in [-0.4, -0.2) is 20.4 Å². The van der Waals surface area contributed by atoms with Gasteiger partial charge in [-0.3, -0.25) is 4.79 Å². The van der Waals surface area contributed by atoms with E-state index in [1.54, 1.807) is 31.2 Å². The molecule has 0 aromatic heterocycles. The fourth-order valence-corrected chi connectivity index (χ4v) is 4.76. The van der Waals surface area contributed by atoms with E-state index in [0.717, 1.165) is 32.1 Å². The molecule has 0 atom stereocenters. The maximum Gasteiger partial charge on any atom is 0.251 e. The molecule has 150 valence electrons. The van der Waals surface area contributed by atoms with Crippen molar-refractivity contribution in [2.45, 2.75) is 56.5 Å². The molecule has 0 spiro atoms. The highest BCUT2D eigenvalue weighted by Gasteiger charge is 2.23. The van der Waals surface area contributed by atoms with Gasteiger partial charge in [0.25, 0.3) is 5.91 Å². The summed E-state index contributed by atoms with van der Waals surface area (Å²) >= 11 is 0. The van der Waals surface area contributed by atoms with E-state index in [2.05, 4.69) is 10.0 Å². The molecule has 1 fully saturated rings. The average molecular weight is 405 g/mol. The van der Waals surface area contributed by atoms with Gasteiger partial charge in [0.05, 0.1) is 4.90 Å². The minimum Gasteiger partial charge on any atom is -0.348 e. The number of carbonyl (C=O) groups is 1. The van der Waals surface area contributed by atoms with Crippen LogP contribution in [0.5, 0.6) is 0 Å². The maximum atomic E-state index is 13.7. The molecule has 0 radical (unpaired) electrons. The zero-order valence-electron chi connectivity index (χ0n) is 15.9. The quantitative estimate of drug-likeness (QED) is 0.771. The first-order valence-electron chi connectivity index (χ1n) is 9.51. The van der Waals surface area contributed by atoms with Crippen LogP contribution in [0, 0.1) is 12.7 Å². The Hall–Kier alpha value is -2.25. The molecule has 5 nitrogen and oxygen atoms in total. The van der Waals surface area contributed by atoms with Gasteiger partial charge in [0.1, 0.15) is 5.82 Å². The minimum atomic E-state index is -3.70. The number of halogens is 1. The van der Waals surface area contributed by atoms with Gasteiger partial charge in [0, 0.05) is 23.7 Å². The zero-order chi connectivity index (χ0) is 20.1. The first-order valence-corrected chi connectivity index (χ1v) is 11.0. The Kier molecular flexibility index (Phi) is 6.46. The van der Waals surface area contributed by atoms with Crippen LogP contribution in [0.2, 0.25) is 0 Å². The number of hydrogen-bond donors (Lipinski definition) is 2. The number of sulfonamides is 1. The van der Waals surface area contributed by atoms with Crippen LogP contribution in [0.1, 0.15) is 53.6 Å². The van der Waals surface area contributed by atoms with Crippen molar-refractivity contribution in [2.24, 2.45) is 0 Å². The summed E-state index contributed by atoms with van der Waals surface area (Å²) in [7, 11) is -3.70. The Morgan fingerprint density at radius 1 is 1.11 bits per heavy atom. The lowest BCUT2D eigenvalue weighted by atomic mass is 9.96. The topological polar surface area (TPSA) is 75.3 Å². The van der Waals surface area contributed by atoms with E-state index in [1.807, 2.05) is 0 Å². The van der Waals surface area contributed by atoms with Gasteiger partial charge in [-0.05, 0) is 43.5 Å². The average Bonchev–Trinajstić information content (AvgIpc) is 2.68. The highest BCUT2D eigenvalue weighted by molar-refractivity contribution is 7.89. The molecular formula is C21H25FN2O3S. The number of aryl methyl sites for hydroxylation is 1. The summed E-state index contributed by atoms with van der Waals surface area (Å²) in [6, 6.07) is 10.7. The molecule has 1 amide bonds. The number of rotatable bonds is 6. The lowest BCUT2D eigenvalue weighted by molar-refractivity contribution is 0.0949. The van der Waals surface area contributed by atoms with Crippen LogP contribution in [-0.2, 0) is 16.6 Å². The van der Waals surface area contributed by atoms with Crippen LogP contribution in [0.15, 0.2) is 47.4 Å². The van der Waals surface area contributed by atoms with E-state index >= 15 is 0 Å². The van der Waals surface area contributed by atoms with E-state index in [4.69, 9.17) is 0 Å². The lowest BCUT2D eigenvalue weighted by Gasteiger charge is -2.22. The summed E-state index contributed by atoms with van der Waals surface area (Å²) < 4.78 is 41.9. The second-order valence-electron chi connectivity index (χ2n) is 7.21. The molecular weight excluding hydrogens is 379 g/mol. The maximum absolute atomic E-state index is 13.7. The van der Waals surface area contributed by atoms with Crippen molar-refractivity contribution in [2.75, 3.05) is 0 Å². The van der Waals surface area contributed by atoms with Crippen molar-refractivity contribution in [3.8, 4) is 0 Å². The smallest absolute Gasteiger partial charge is 0.251 e. The molecule has 0 aliphatic heterocycles. The molecule has 2 aromatic rings. The normalized spacial score (nSPS) is 15.4. The van der Waals surface area contributed by atoms with Crippen LogP contribution in [0.4, 0.5) is 4.39 Å². The third-order valence-corrected chi connectivity index (χ3v) is 6.61. The van der Waals surface area contributed by atoms with E-state index in [1.165, 1.54) is 18.2 Å². The molecule has 2 N–H and O–H groups in total. The lowest BCUT2D eigenvalue weighted by Crippen LogP contribution is -2.36. The van der Waals surface area contributed by atoms with Crippen LogP contribution < -0.4 is 10.0 Å². The summed E-state index contributed by atoms with van der Waals surface area (Å²) in [5.74, 6) is -0.831. The molecule has 0 heterocycles. The summed E-state index contributed by atoms with van der Waals surface area (Å²) in [4.78, 5) is 12.6. The van der Waals surface area contributed by atoms with E-state index in [-0.39, 0.29) is 23.0 Å². The predicted octanol–water partition coefficient (Wildman–Crippen LogP) is 3.68. The van der Waals surface area contributed by atoms with Gasteiger partial charge >= 0.3 is 0 Å². The van der Waals surface area contributed by atoms with Crippen LogP contribution in [0.3, 0.4) is 0 Å². The Bertz CT molecular complexity index is 954. The van der Waals surface area contributed by atoms with Crippen LogP contribution >= 0.6 is 0 Å². The van der Waals surface area contributed by atoms with Crippen molar-refractivity contribution >= 4 is 15.9 Å². The Morgan fingerprint density at radius 2 is 1.82 bits per heavy atom. The molecule has 1 aliphatic carbocycles. The number of hydrogen-bond acceptors (Lipinski definition) is 3. The van der Waals surface area contributed by atoms with Crippen molar-refractivity contribution < 1.29 is 17.6 Å². The summed E-state index contributed by atoms with van der Waals surface area (Å²) in [6.45, 7) is 1.77. The third kappa shape index (κ3) is 4.97. The van der Waals surface area contributed by atoms with E-state index in [9.17, 15) is 17.6 Å². The summed E-state index contributed by atoms with van der Waals surface area (Å²) in [5.41, 5.74) is 1.29. The van der Waals surface area contributed by atoms with Gasteiger partial charge < -0.3 is 5.32 Å². The van der Waals surface area contributed by atoms with Crippen molar-refractivity contribution in [3.05, 3.63) is 65.0 Å². The summed E-state index contributed by atoms with van der Waals surface area (Å²) in [5, 5.41) is 2.66. The van der Waals surface area contributed by atoms with Crippen LogP contribution in [0.25, 0.3) is 0 Å². The number of nitrogens with one attached hydrogen (secondary N) is 2. The molecule has 0 saturated heterocycles. The molecule has 28 heavy (non-hydrogen) atoms. The molecule has 1 aliphatic rings. The van der Waals surface area contributed by atoms with Gasteiger partial charge in [-0.2, -0.15) is 0 Å². The zero-order valence-corrected chi connectivity index (χ0v) is 16.7. The van der Waals surface area contributed by atoms with E-state index < -0.39 is 21.7 Å². The predicted molar refractivity (Wildman–Crippen MR) is 106 cm³/mol. The van der Waals surface area contributed by atoms with Crippen molar-refractivity contribution in [1.82, 2.24) is 10.0 Å². The third-order valence-electron chi connectivity index (χ3n) is 5.09. The molecule has 3 rings (SSSR count). The fourth-order valence-electron chi connectivity index (χ4n) is 3.43. The van der Waals surface area contributed by atoms with Gasteiger partial charge in [-0.1, -0.05) is 43.5 Å². The largest absolute Gasteiger partial charge is 0.348 e. The monoisotopic (exact) mass is 404 g/mol.